The number of sulfone groups is 1. The molecule has 0 heterocycles. The molecule has 3 aromatic carbocycles. The average Bonchev–Trinajstić information content (AvgIpc) is 2.67. The molecule has 28 heavy (non-hydrogen) atoms. The maximum absolute atomic E-state index is 11.6. The first-order valence-corrected chi connectivity index (χ1v) is 10.3. The molecule has 0 aliphatic heterocycles. The zero-order chi connectivity index (χ0) is 20.5. The van der Waals surface area contributed by atoms with Crippen molar-refractivity contribution >= 4 is 15.5 Å². The Labute approximate surface area is 164 Å². The van der Waals surface area contributed by atoms with Crippen molar-refractivity contribution in [1.82, 2.24) is 0 Å². The van der Waals surface area contributed by atoms with Crippen molar-refractivity contribution in [2.45, 2.75) is 11.8 Å². The molecule has 6 heteroatoms. The zero-order valence-corrected chi connectivity index (χ0v) is 16.2. The lowest BCUT2D eigenvalue weighted by Crippen LogP contribution is -2.00. The molecule has 0 bridgehead atoms. The highest BCUT2D eigenvalue weighted by molar-refractivity contribution is 7.90. The molecule has 3 aromatic rings. The van der Waals surface area contributed by atoms with Gasteiger partial charge in [-0.15, -0.1) is 0 Å². The topological polar surface area (TPSA) is 108 Å². The van der Waals surface area contributed by atoms with Crippen molar-refractivity contribution in [2.75, 3.05) is 12.0 Å². The molecule has 0 amide bonds. The third-order valence-corrected chi connectivity index (χ3v) is 5.73. The molecule has 0 saturated heterocycles. The van der Waals surface area contributed by atoms with E-state index in [1.807, 2.05) is 30.3 Å². The van der Waals surface area contributed by atoms with Gasteiger partial charge in [0.25, 0.3) is 0 Å². The summed E-state index contributed by atoms with van der Waals surface area (Å²) in [6, 6.07) is 20.2. The SMILES string of the molecule is Cc1cc(-c2ccc(-c3ccc(S(C)(=O)=O)cc3)cc2)c(C#N)c(N)c1C#N. The van der Waals surface area contributed by atoms with Crippen LogP contribution in [0.2, 0.25) is 0 Å². The van der Waals surface area contributed by atoms with Crippen LogP contribution in [0.25, 0.3) is 22.3 Å². The van der Waals surface area contributed by atoms with Crippen LogP contribution in [-0.4, -0.2) is 14.7 Å². The zero-order valence-electron chi connectivity index (χ0n) is 15.4. The number of hydrogen-bond donors (Lipinski definition) is 1. The van der Waals surface area contributed by atoms with Crippen molar-refractivity contribution in [3.63, 3.8) is 0 Å². The quantitative estimate of drug-likeness (QED) is 0.682. The maximum atomic E-state index is 11.6. The van der Waals surface area contributed by atoms with E-state index in [1.54, 1.807) is 37.3 Å². The van der Waals surface area contributed by atoms with Crippen LogP contribution in [0.5, 0.6) is 0 Å². The van der Waals surface area contributed by atoms with Gasteiger partial charge in [-0.05, 0) is 47.4 Å². The molecule has 0 saturated carbocycles. The van der Waals surface area contributed by atoms with Crippen molar-refractivity contribution < 1.29 is 8.42 Å². The number of nitrogens with two attached hydrogens (primary N) is 1. The van der Waals surface area contributed by atoms with Gasteiger partial charge in [-0.3, -0.25) is 0 Å². The van der Waals surface area contributed by atoms with Gasteiger partial charge in [0.05, 0.1) is 21.7 Å². The molecule has 0 radical (unpaired) electrons. The largest absolute Gasteiger partial charge is 0.397 e. The fourth-order valence-electron chi connectivity index (χ4n) is 3.08. The number of nitrogens with zero attached hydrogens (tertiary/aromatic N) is 2. The highest BCUT2D eigenvalue weighted by atomic mass is 32.2. The molecule has 0 aliphatic carbocycles. The van der Waals surface area contributed by atoms with Crippen LogP contribution in [0.1, 0.15) is 16.7 Å². The Morgan fingerprint density at radius 1 is 0.821 bits per heavy atom. The van der Waals surface area contributed by atoms with Crippen molar-refractivity contribution in [3.05, 3.63) is 71.3 Å². The Morgan fingerprint density at radius 2 is 1.29 bits per heavy atom. The molecule has 5 nitrogen and oxygen atoms in total. The van der Waals surface area contributed by atoms with E-state index < -0.39 is 9.84 Å². The Hall–Kier alpha value is -3.61. The lowest BCUT2D eigenvalue weighted by atomic mass is 9.92. The molecular formula is C22H17N3O2S. The summed E-state index contributed by atoms with van der Waals surface area (Å²) in [6.45, 7) is 1.79. The first-order chi connectivity index (χ1) is 13.3. The summed E-state index contributed by atoms with van der Waals surface area (Å²) in [7, 11) is -3.23. The van der Waals surface area contributed by atoms with E-state index in [0.29, 0.717) is 11.1 Å². The van der Waals surface area contributed by atoms with Crippen LogP contribution in [0.15, 0.2) is 59.5 Å². The van der Waals surface area contributed by atoms with Crippen LogP contribution in [-0.2, 0) is 9.84 Å². The van der Waals surface area contributed by atoms with Crippen LogP contribution in [0.4, 0.5) is 5.69 Å². The van der Waals surface area contributed by atoms with Gasteiger partial charge >= 0.3 is 0 Å². The second-order valence-corrected chi connectivity index (χ2v) is 8.52. The number of anilines is 1. The van der Waals surface area contributed by atoms with E-state index >= 15 is 0 Å². The van der Waals surface area contributed by atoms with E-state index in [2.05, 4.69) is 6.07 Å². The smallest absolute Gasteiger partial charge is 0.175 e. The molecule has 0 spiro atoms. The normalized spacial score (nSPS) is 10.9. The summed E-state index contributed by atoms with van der Waals surface area (Å²) in [6.07, 6.45) is 1.18. The molecule has 3 rings (SSSR count). The Kier molecular flexibility index (Phi) is 4.92. The number of aryl methyl sites for hydroxylation is 1. The molecule has 0 atom stereocenters. The van der Waals surface area contributed by atoms with Gasteiger partial charge in [0.15, 0.2) is 9.84 Å². The van der Waals surface area contributed by atoms with Gasteiger partial charge in [-0.25, -0.2) is 8.42 Å². The lowest BCUT2D eigenvalue weighted by Gasteiger charge is -2.12. The van der Waals surface area contributed by atoms with E-state index in [1.165, 1.54) is 6.26 Å². The van der Waals surface area contributed by atoms with E-state index in [0.717, 1.165) is 22.3 Å². The number of rotatable bonds is 3. The second-order valence-electron chi connectivity index (χ2n) is 6.50. The highest BCUT2D eigenvalue weighted by Gasteiger charge is 2.15. The number of nitrogen functional groups attached to an aromatic ring is 1. The monoisotopic (exact) mass is 387 g/mol. The Bertz CT molecular complexity index is 1250. The molecule has 0 fully saturated rings. The minimum absolute atomic E-state index is 0.195. The average molecular weight is 387 g/mol. The van der Waals surface area contributed by atoms with Crippen molar-refractivity contribution in [1.29, 1.82) is 10.5 Å². The maximum Gasteiger partial charge on any atom is 0.175 e. The number of hydrogen-bond acceptors (Lipinski definition) is 5. The van der Waals surface area contributed by atoms with Gasteiger partial charge in [0, 0.05) is 11.8 Å². The summed E-state index contributed by atoms with van der Waals surface area (Å²) < 4.78 is 23.2. The first kappa shape index (κ1) is 19.2. The van der Waals surface area contributed by atoms with Gasteiger partial charge in [-0.1, -0.05) is 36.4 Å². The van der Waals surface area contributed by atoms with Gasteiger partial charge in [0.1, 0.15) is 12.1 Å². The molecule has 0 aliphatic rings. The summed E-state index contributed by atoms with van der Waals surface area (Å²) in [4.78, 5) is 0.273. The molecule has 138 valence electrons. The summed E-state index contributed by atoms with van der Waals surface area (Å²) >= 11 is 0. The Balaban J connectivity index is 2.03. The molecule has 2 N–H and O–H groups in total. The summed E-state index contributed by atoms with van der Waals surface area (Å²) in [5, 5.41) is 18.7. The lowest BCUT2D eigenvalue weighted by molar-refractivity contribution is 0.602. The van der Waals surface area contributed by atoms with Gasteiger partial charge in [0.2, 0.25) is 0 Å². The minimum Gasteiger partial charge on any atom is -0.397 e. The molecule has 0 aromatic heterocycles. The highest BCUT2D eigenvalue weighted by Crippen LogP contribution is 2.33. The van der Waals surface area contributed by atoms with Crippen LogP contribution >= 0.6 is 0 Å². The van der Waals surface area contributed by atoms with E-state index in [-0.39, 0.29) is 16.1 Å². The summed E-state index contributed by atoms with van der Waals surface area (Å²) in [5.41, 5.74) is 10.8. The van der Waals surface area contributed by atoms with E-state index in [9.17, 15) is 18.9 Å². The first-order valence-electron chi connectivity index (χ1n) is 8.40. The third kappa shape index (κ3) is 3.46. The second kappa shape index (κ2) is 7.19. The Morgan fingerprint density at radius 3 is 1.75 bits per heavy atom. The minimum atomic E-state index is -3.23. The molecular weight excluding hydrogens is 370 g/mol. The van der Waals surface area contributed by atoms with Crippen LogP contribution in [0, 0.1) is 29.6 Å². The van der Waals surface area contributed by atoms with Crippen LogP contribution < -0.4 is 5.73 Å². The van der Waals surface area contributed by atoms with Crippen molar-refractivity contribution in [2.24, 2.45) is 0 Å². The van der Waals surface area contributed by atoms with E-state index in [4.69, 9.17) is 5.73 Å². The van der Waals surface area contributed by atoms with Crippen molar-refractivity contribution in [3.8, 4) is 34.4 Å². The van der Waals surface area contributed by atoms with Gasteiger partial charge < -0.3 is 5.73 Å². The number of benzene rings is 3. The van der Waals surface area contributed by atoms with Gasteiger partial charge in [-0.2, -0.15) is 10.5 Å². The third-order valence-electron chi connectivity index (χ3n) is 4.60. The predicted molar refractivity (Wildman–Crippen MR) is 109 cm³/mol. The fourth-order valence-corrected chi connectivity index (χ4v) is 3.71. The fraction of sp³-hybridized carbons (Fsp3) is 0.0909. The number of nitriles is 2. The summed E-state index contributed by atoms with van der Waals surface area (Å²) in [5.74, 6) is 0. The predicted octanol–water partition coefficient (Wildman–Crippen LogP) is 4.06. The van der Waals surface area contributed by atoms with Crippen LogP contribution in [0.3, 0.4) is 0 Å². The standard InChI is InChI=1S/C22H17N3O2S/c1-14-11-19(21(13-24)22(25)20(14)12-23)17-5-3-15(4-6-17)16-7-9-18(10-8-16)28(2,26)27/h3-11H,25H2,1-2H3. The molecule has 0 unspecified atom stereocenters.